The van der Waals surface area contributed by atoms with Gasteiger partial charge in [-0.25, -0.2) is 0 Å². The summed E-state index contributed by atoms with van der Waals surface area (Å²) in [5.74, 6) is 0.785. The van der Waals surface area contributed by atoms with Crippen LogP contribution in [0.25, 0.3) is 0 Å². The molecule has 0 atom stereocenters. The van der Waals surface area contributed by atoms with Crippen LogP contribution >= 0.6 is 12.2 Å². The van der Waals surface area contributed by atoms with Crippen LogP contribution in [0.3, 0.4) is 0 Å². The average molecular weight is 308 g/mol. The maximum atomic E-state index is 5.47. The summed E-state index contributed by atoms with van der Waals surface area (Å²) >= 11 is 5.25. The minimum Gasteiger partial charge on any atom is -0.489 e. The number of ether oxygens (including phenoxy) is 2. The number of thiocarbonyl (C=S) groups is 1. The van der Waals surface area contributed by atoms with Gasteiger partial charge in [0.05, 0.1) is 6.10 Å². The maximum Gasteiger partial charge on any atom is 0.170 e. The molecule has 0 fully saturated rings. The minimum absolute atomic E-state index is 0.272. The Morgan fingerprint density at radius 2 is 2.24 bits per heavy atom. The normalized spacial score (nSPS) is 10.2. The van der Waals surface area contributed by atoms with Gasteiger partial charge in [0.2, 0.25) is 0 Å². The molecule has 0 saturated heterocycles. The molecule has 2 N–H and O–H groups in total. The second-order valence-electron chi connectivity index (χ2n) is 4.78. The molecule has 0 aliphatic rings. The van der Waals surface area contributed by atoms with Crippen LogP contribution in [0.1, 0.15) is 20.3 Å². The van der Waals surface area contributed by atoms with Crippen molar-refractivity contribution in [3.63, 3.8) is 0 Å². The lowest BCUT2D eigenvalue weighted by atomic mass is 10.3. The molecule has 0 bridgehead atoms. The largest absolute Gasteiger partial charge is 0.489 e. The van der Waals surface area contributed by atoms with Gasteiger partial charge in [-0.15, -0.1) is 0 Å². The Hall–Kier alpha value is -1.59. The summed E-state index contributed by atoms with van der Waals surface area (Å²) in [6, 6.07) is 7.66. The number of benzene rings is 1. The number of hydrogen-bond acceptors (Lipinski definition) is 3. The standard InChI is InChI=1S/C16H24N2O2S/c1-4-10-20-15-8-5-7-14(12-15)18-16(21)17-9-6-11-19-13(2)3/h4-5,7-8,12-13H,1,6,9-11H2,2-3H3,(H2,17,18,21). The molecular formula is C16H24N2O2S. The summed E-state index contributed by atoms with van der Waals surface area (Å²) in [6.45, 7) is 9.69. The molecule has 0 radical (unpaired) electrons. The molecule has 116 valence electrons. The Balaban J connectivity index is 2.28. The van der Waals surface area contributed by atoms with E-state index in [0.717, 1.165) is 31.0 Å². The van der Waals surface area contributed by atoms with E-state index in [4.69, 9.17) is 21.7 Å². The summed E-state index contributed by atoms with van der Waals surface area (Å²) in [7, 11) is 0. The molecule has 0 amide bonds. The van der Waals surface area contributed by atoms with Crippen LogP contribution in [-0.2, 0) is 4.74 Å². The van der Waals surface area contributed by atoms with Crippen LogP contribution in [0.5, 0.6) is 5.75 Å². The fourth-order valence-corrected chi connectivity index (χ4v) is 1.81. The molecule has 0 heterocycles. The molecule has 0 spiro atoms. The van der Waals surface area contributed by atoms with Gasteiger partial charge in [-0.3, -0.25) is 0 Å². The first-order chi connectivity index (χ1) is 10.1. The third kappa shape index (κ3) is 8.32. The topological polar surface area (TPSA) is 42.5 Å². The Labute approximate surface area is 132 Å². The second kappa shape index (κ2) is 10.2. The lowest BCUT2D eigenvalue weighted by Gasteiger charge is -2.12. The van der Waals surface area contributed by atoms with Gasteiger partial charge in [0.1, 0.15) is 12.4 Å². The highest BCUT2D eigenvalue weighted by atomic mass is 32.1. The van der Waals surface area contributed by atoms with E-state index >= 15 is 0 Å². The van der Waals surface area contributed by atoms with Crippen LogP contribution in [0.4, 0.5) is 5.69 Å². The van der Waals surface area contributed by atoms with Crippen molar-refractivity contribution in [3.8, 4) is 5.75 Å². The van der Waals surface area contributed by atoms with Gasteiger partial charge in [-0.05, 0) is 44.6 Å². The molecule has 1 rings (SSSR count). The fourth-order valence-electron chi connectivity index (χ4n) is 1.59. The predicted molar refractivity (Wildman–Crippen MR) is 92.1 cm³/mol. The maximum absolute atomic E-state index is 5.47. The molecule has 0 saturated carbocycles. The van der Waals surface area contributed by atoms with E-state index in [2.05, 4.69) is 17.2 Å². The molecule has 0 aromatic heterocycles. The van der Waals surface area contributed by atoms with Crippen LogP contribution in [0.15, 0.2) is 36.9 Å². The average Bonchev–Trinajstić information content (AvgIpc) is 2.45. The number of rotatable bonds is 9. The van der Waals surface area contributed by atoms with Crippen LogP contribution < -0.4 is 15.4 Å². The second-order valence-corrected chi connectivity index (χ2v) is 5.19. The molecule has 0 aliphatic carbocycles. The zero-order valence-electron chi connectivity index (χ0n) is 12.7. The summed E-state index contributed by atoms with van der Waals surface area (Å²) < 4.78 is 10.9. The van der Waals surface area contributed by atoms with Crippen molar-refractivity contribution >= 4 is 23.0 Å². The molecule has 1 aromatic rings. The molecule has 1 aromatic carbocycles. The van der Waals surface area contributed by atoms with Gasteiger partial charge in [-0.1, -0.05) is 18.7 Å². The van der Waals surface area contributed by atoms with Gasteiger partial charge in [0.25, 0.3) is 0 Å². The van der Waals surface area contributed by atoms with Crippen molar-refractivity contribution < 1.29 is 9.47 Å². The number of anilines is 1. The van der Waals surface area contributed by atoms with Gasteiger partial charge in [-0.2, -0.15) is 0 Å². The molecule has 21 heavy (non-hydrogen) atoms. The first kappa shape index (κ1) is 17.5. The summed E-state index contributed by atoms with van der Waals surface area (Å²) in [5.41, 5.74) is 0.896. The first-order valence-corrected chi connectivity index (χ1v) is 7.53. The highest BCUT2D eigenvalue weighted by Gasteiger charge is 2.00. The van der Waals surface area contributed by atoms with E-state index in [1.807, 2.05) is 38.1 Å². The van der Waals surface area contributed by atoms with Crippen LogP contribution in [0.2, 0.25) is 0 Å². The SMILES string of the molecule is C=CCOc1cccc(NC(=S)NCCCOC(C)C)c1. The summed E-state index contributed by atoms with van der Waals surface area (Å²) in [6.07, 6.45) is 2.90. The van der Waals surface area contributed by atoms with Gasteiger partial charge >= 0.3 is 0 Å². The van der Waals surface area contributed by atoms with Crippen molar-refractivity contribution in [2.24, 2.45) is 0 Å². The van der Waals surface area contributed by atoms with Gasteiger partial charge in [0.15, 0.2) is 5.11 Å². The molecule has 5 heteroatoms. The highest BCUT2D eigenvalue weighted by Crippen LogP contribution is 2.17. The Morgan fingerprint density at radius 1 is 1.43 bits per heavy atom. The van der Waals surface area contributed by atoms with Crippen molar-refractivity contribution in [1.29, 1.82) is 0 Å². The highest BCUT2D eigenvalue weighted by molar-refractivity contribution is 7.80. The third-order valence-corrected chi connectivity index (χ3v) is 2.76. The summed E-state index contributed by atoms with van der Waals surface area (Å²) in [4.78, 5) is 0. The van der Waals surface area contributed by atoms with Crippen LogP contribution in [-0.4, -0.2) is 31.0 Å². The predicted octanol–water partition coefficient (Wildman–Crippen LogP) is 3.35. The molecule has 0 unspecified atom stereocenters. The van der Waals surface area contributed by atoms with Crippen molar-refractivity contribution in [2.45, 2.75) is 26.4 Å². The zero-order chi connectivity index (χ0) is 15.5. The van der Waals surface area contributed by atoms with Crippen molar-refractivity contribution in [1.82, 2.24) is 5.32 Å². The molecule has 4 nitrogen and oxygen atoms in total. The fraction of sp³-hybridized carbons (Fsp3) is 0.438. The lowest BCUT2D eigenvalue weighted by molar-refractivity contribution is 0.0777. The van der Waals surface area contributed by atoms with Gasteiger partial charge < -0.3 is 20.1 Å². The van der Waals surface area contributed by atoms with E-state index < -0.39 is 0 Å². The molecular weight excluding hydrogens is 284 g/mol. The smallest absolute Gasteiger partial charge is 0.170 e. The first-order valence-electron chi connectivity index (χ1n) is 7.12. The van der Waals surface area contributed by atoms with Crippen LogP contribution in [0, 0.1) is 0 Å². The Bertz CT molecular complexity index is 450. The summed E-state index contributed by atoms with van der Waals surface area (Å²) in [5, 5.41) is 6.88. The van der Waals surface area contributed by atoms with E-state index in [0.29, 0.717) is 11.7 Å². The third-order valence-electron chi connectivity index (χ3n) is 2.52. The van der Waals surface area contributed by atoms with Crippen molar-refractivity contribution in [3.05, 3.63) is 36.9 Å². The van der Waals surface area contributed by atoms with E-state index in [1.165, 1.54) is 0 Å². The Kier molecular flexibility index (Phi) is 8.47. The zero-order valence-corrected chi connectivity index (χ0v) is 13.5. The number of nitrogens with one attached hydrogen (secondary N) is 2. The molecule has 0 aliphatic heterocycles. The monoisotopic (exact) mass is 308 g/mol. The van der Waals surface area contributed by atoms with E-state index in [1.54, 1.807) is 6.08 Å². The van der Waals surface area contributed by atoms with Gasteiger partial charge in [0, 0.05) is 24.9 Å². The Morgan fingerprint density at radius 3 is 2.95 bits per heavy atom. The van der Waals surface area contributed by atoms with Crippen molar-refractivity contribution in [2.75, 3.05) is 25.1 Å². The lowest BCUT2D eigenvalue weighted by Crippen LogP contribution is -2.29. The quantitative estimate of drug-likeness (QED) is 0.416. The minimum atomic E-state index is 0.272. The number of hydrogen-bond donors (Lipinski definition) is 2. The van der Waals surface area contributed by atoms with E-state index in [-0.39, 0.29) is 6.10 Å². The van der Waals surface area contributed by atoms with E-state index in [9.17, 15) is 0 Å².